The van der Waals surface area contributed by atoms with Gasteiger partial charge in [-0.2, -0.15) is 0 Å². The molecule has 0 aliphatic rings. The molecule has 1 heterocycles. The molecule has 0 saturated heterocycles. The molecule has 0 unspecified atom stereocenters. The lowest BCUT2D eigenvalue weighted by Gasteiger charge is -2.19. The van der Waals surface area contributed by atoms with Gasteiger partial charge in [0.15, 0.2) is 0 Å². The number of benzene rings is 1. The summed E-state index contributed by atoms with van der Waals surface area (Å²) in [6, 6.07) is 8.33. The van der Waals surface area contributed by atoms with Gasteiger partial charge in [-0.25, -0.2) is 0 Å². The van der Waals surface area contributed by atoms with Crippen LogP contribution in [-0.4, -0.2) is 41.4 Å². The third kappa shape index (κ3) is 3.67. The fourth-order valence-corrected chi connectivity index (χ4v) is 2.90. The highest BCUT2D eigenvalue weighted by molar-refractivity contribution is 7.17. The predicted octanol–water partition coefficient (Wildman–Crippen LogP) is -1.31. The van der Waals surface area contributed by atoms with Gasteiger partial charge in [0, 0.05) is 24.3 Å². The van der Waals surface area contributed by atoms with Gasteiger partial charge < -0.3 is 22.6 Å². The molecule has 0 atom stereocenters. The average molecular weight is 287 g/mol. The number of nitrogens with zero attached hydrogens (tertiary/aromatic N) is 1. The van der Waals surface area contributed by atoms with E-state index in [1.807, 2.05) is 12.1 Å². The lowest BCUT2D eigenvalue weighted by atomic mass is 10.1. The lowest BCUT2D eigenvalue weighted by Crippen LogP contribution is -3.00. The second-order valence-electron chi connectivity index (χ2n) is 3.98. The number of fused-ring (bicyclic) bond motifs is 1. The molecule has 100 valence electrons. The maximum Gasteiger partial charge on any atom is 0.0558 e. The Hall–Kier alpha value is -0.650. The van der Waals surface area contributed by atoms with E-state index >= 15 is 0 Å². The highest BCUT2D eigenvalue weighted by Crippen LogP contribution is 2.26. The Morgan fingerprint density at radius 2 is 1.72 bits per heavy atom. The summed E-state index contributed by atoms with van der Waals surface area (Å²) in [5.74, 6) is 0. The Kier molecular flexibility index (Phi) is 6.60. The third-order valence-corrected chi connectivity index (χ3v) is 3.80. The van der Waals surface area contributed by atoms with Crippen molar-refractivity contribution in [3.63, 3.8) is 0 Å². The van der Waals surface area contributed by atoms with Gasteiger partial charge in [0.25, 0.3) is 0 Å². The Balaban J connectivity index is 0.00000162. The summed E-state index contributed by atoms with van der Waals surface area (Å²) in [6.07, 6.45) is 0. The summed E-state index contributed by atoms with van der Waals surface area (Å²) in [5.41, 5.74) is 1.27. The quantitative estimate of drug-likeness (QED) is 0.693. The van der Waals surface area contributed by atoms with E-state index in [0.717, 1.165) is 6.54 Å². The highest BCUT2D eigenvalue weighted by atomic mass is 35.5. The van der Waals surface area contributed by atoms with E-state index in [1.165, 1.54) is 15.6 Å². The number of hydrogen-bond acceptors (Lipinski definition) is 4. The summed E-state index contributed by atoms with van der Waals surface area (Å²) in [5, 5.41) is 21.4. The van der Waals surface area contributed by atoms with Crippen LogP contribution in [0.25, 0.3) is 10.1 Å². The molecule has 0 radical (unpaired) electrons. The molecule has 1 aromatic carbocycles. The molecular formula is C13H17ClNO2S-. The van der Waals surface area contributed by atoms with E-state index in [-0.39, 0.29) is 25.6 Å². The van der Waals surface area contributed by atoms with Gasteiger partial charge in [-0.05, 0) is 22.4 Å². The zero-order chi connectivity index (χ0) is 12.1. The van der Waals surface area contributed by atoms with Crippen LogP contribution in [0.4, 0.5) is 0 Å². The second kappa shape index (κ2) is 7.71. The molecule has 0 aliphatic carbocycles. The topological polar surface area (TPSA) is 43.7 Å². The Morgan fingerprint density at radius 1 is 1.06 bits per heavy atom. The largest absolute Gasteiger partial charge is 1.00 e. The van der Waals surface area contributed by atoms with Crippen LogP contribution in [0, 0.1) is 0 Å². The van der Waals surface area contributed by atoms with Crippen LogP contribution in [0.2, 0.25) is 0 Å². The summed E-state index contributed by atoms with van der Waals surface area (Å²) in [4.78, 5) is 2.06. The first-order valence-corrected chi connectivity index (χ1v) is 6.62. The SMILES string of the molecule is OCCN(CCO)Cc1csc2ccccc12.[Cl-]. The van der Waals surface area contributed by atoms with Crippen molar-refractivity contribution in [2.24, 2.45) is 0 Å². The van der Waals surface area contributed by atoms with Crippen LogP contribution in [0.3, 0.4) is 0 Å². The smallest absolute Gasteiger partial charge is 0.0558 e. The monoisotopic (exact) mass is 286 g/mol. The van der Waals surface area contributed by atoms with Crippen LogP contribution in [0.1, 0.15) is 5.56 Å². The minimum atomic E-state index is 0. The van der Waals surface area contributed by atoms with Gasteiger partial charge in [-0.15, -0.1) is 11.3 Å². The molecule has 5 heteroatoms. The first-order valence-electron chi connectivity index (χ1n) is 5.74. The van der Waals surface area contributed by atoms with Crippen molar-refractivity contribution in [1.29, 1.82) is 0 Å². The zero-order valence-electron chi connectivity index (χ0n) is 10.1. The lowest BCUT2D eigenvalue weighted by molar-refractivity contribution is -0.00000608. The minimum Gasteiger partial charge on any atom is -1.00 e. The van der Waals surface area contributed by atoms with Crippen molar-refractivity contribution >= 4 is 21.4 Å². The Labute approximate surface area is 117 Å². The van der Waals surface area contributed by atoms with Gasteiger partial charge >= 0.3 is 0 Å². The molecule has 0 aliphatic heterocycles. The maximum atomic E-state index is 8.98. The van der Waals surface area contributed by atoms with E-state index in [9.17, 15) is 0 Å². The fourth-order valence-electron chi connectivity index (χ4n) is 1.95. The van der Waals surface area contributed by atoms with E-state index < -0.39 is 0 Å². The van der Waals surface area contributed by atoms with Crippen molar-refractivity contribution < 1.29 is 22.6 Å². The molecule has 0 spiro atoms. The first-order chi connectivity index (χ1) is 8.35. The van der Waals surface area contributed by atoms with Crippen molar-refractivity contribution in [2.45, 2.75) is 6.54 Å². The molecule has 2 aromatic rings. The molecular weight excluding hydrogens is 270 g/mol. The average Bonchev–Trinajstić information content (AvgIpc) is 2.74. The number of aliphatic hydroxyl groups is 2. The van der Waals surface area contributed by atoms with Crippen molar-refractivity contribution in [3.8, 4) is 0 Å². The first kappa shape index (κ1) is 15.4. The van der Waals surface area contributed by atoms with Crippen LogP contribution in [0.15, 0.2) is 29.6 Å². The molecule has 0 amide bonds. The van der Waals surface area contributed by atoms with Crippen molar-refractivity contribution in [3.05, 3.63) is 35.2 Å². The van der Waals surface area contributed by atoms with Crippen LogP contribution in [-0.2, 0) is 6.54 Å². The fraction of sp³-hybridized carbons (Fsp3) is 0.385. The Morgan fingerprint density at radius 3 is 2.39 bits per heavy atom. The third-order valence-electron chi connectivity index (χ3n) is 2.79. The molecule has 1 aromatic heterocycles. The number of rotatable bonds is 6. The van der Waals surface area contributed by atoms with E-state index in [2.05, 4.69) is 22.4 Å². The zero-order valence-corrected chi connectivity index (χ0v) is 11.6. The Bertz CT molecular complexity index is 469. The summed E-state index contributed by atoms with van der Waals surface area (Å²) in [6.45, 7) is 2.24. The van der Waals surface area contributed by atoms with Gasteiger partial charge in [0.1, 0.15) is 0 Å². The second-order valence-corrected chi connectivity index (χ2v) is 4.89. The number of aliphatic hydroxyl groups excluding tert-OH is 2. The van der Waals surface area contributed by atoms with Crippen molar-refractivity contribution in [2.75, 3.05) is 26.3 Å². The predicted molar refractivity (Wildman–Crippen MR) is 71.3 cm³/mol. The van der Waals surface area contributed by atoms with Gasteiger partial charge in [0.05, 0.1) is 13.2 Å². The van der Waals surface area contributed by atoms with Crippen molar-refractivity contribution in [1.82, 2.24) is 4.90 Å². The highest BCUT2D eigenvalue weighted by Gasteiger charge is 2.08. The number of halogens is 1. The van der Waals surface area contributed by atoms with Gasteiger partial charge in [-0.1, -0.05) is 18.2 Å². The molecule has 0 fully saturated rings. The minimum absolute atomic E-state index is 0. The van der Waals surface area contributed by atoms with Gasteiger partial charge in [0.2, 0.25) is 0 Å². The summed E-state index contributed by atoms with van der Waals surface area (Å²) < 4.78 is 1.29. The molecule has 2 N–H and O–H groups in total. The van der Waals surface area contributed by atoms with Crippen LogP contribution in [0.5, 0.6) is 0 Å². The van der Waals surface area contributed by atoms with E-state index in [4.69, 9.17) is 10.2 Å². The molecule has 0 saturated carbocycles. The molecule has 0 bridgehead atoms. The van der Waals surface area contributed by atoms with Gasteiger partial charge in [-0.3, -0.25) is 4.90 Å². The molecule has 18 heavy (non-hydrogen) atoms. The molecule has 3 nitrogen and oxygen atoms in total. The maximum absolute atomic E-state index is 8.98. The van der Waals surface area contributed by atoms with E-state index in [1.54, 1.807) is 11.3 Å². The van der Waals surface area contributed by atoms with Crippen LogP contribution >= 0.6 is 11.3 Å². The van der Waals surface area contributed by atoms with Crippen LogP contribution < -0.4 is 12.4 Å². The number of hydrogen-bond donors (Lipinski definition) is 2. The number of thiophene rings is 1. The molecule has 2 rings (SSSR count). The summed E-state index contributed by atoms with van der Waals surface area (Å²) in [7, 11) is 0. The standard InChI is InChI=1S/C13H17NO2S.ClH/c15-7-5-14(6-8-16)9-11-10-17-13-4-2-1-3-12(11)13;/h1-4,10,15-16H,5-9H2;1H/p-1. The van der Waals surface area contributed by atoms with E-state index in [0.29, 0.717) is 13.1 Å². The normalized spacial score (nSPS) is 10.8. The summed E-state index contributed by atoms with van der Waals surface area (Å²) >= 11 is 1.74.